The lowest BCUT2D eigenvalue weighted by Crippen LogP contribution is -2.09. The molecule has 146 valence electrons. The maximum atomic E-state index is 6.24. The summed E-state index contributed by atoms with van der Waals surface area (Å²) in [4.78, 5) is 8.82. The molecule has 4 aromatic rings. The fourth-order valence-corrected chi connectivity index (χ4v) is 3.26. The van der Waals surface area contributed by atoms with Crippen LogP contribution in [0.5, 0.6) is 0 Å². The first kappa shape index (κ1) is 18.9. The van der Waals surface area contributed by atoms with Crippen LogP contribution in [0.3, 0.4) is 0 Å². The maximum Gasteiger partial charge on any atom is 0.243 e. The molecular weight excluding hydrogens is 360 g/mol. The summed E-state index contributed by atoms with van der Waals surface area (Å²) < 4.78 is 6.24. The van der Waals surface area contributed by atoms with E-state index < -0.39 is 0 Å². The molecule has 0 radical (unpaired) electrons. The van der Waals surface area contributed by atoms with Gasteiger partial charge in [0.05, 0.1) is 5.36 Å². The smallest absolute Gasteiger partial charge is 0.243 e. The third-order valence-corrected chi connectivity index (χ3v) is 4.95. The molecule has 0 fully saturated rings. The number of aryl methyl sites for hydroxylation is 5. The average Bonchev–Trinajstić information content (AvgIpc) is 2.67. The Balaban J connectivity index is 1.90. The molecule has 1 N–H and O–H groups in total. The van der Waals surface area contributed by atoms with Crippen LogP contribution in [-0.2, 0) is 0 Å². The second kappa shape index (κ2) is 7.51. The minimum atomic E-state index is 0.483. The van der Waals surface area contributed by atoms with E-state index in [-0.39, 0.29) is 0 Å². The van der Waals surface area contributed by atoms with Crippen molar-refractivity contribution in [2.24, 2.45) is 5.10 Å². The van der Waals surface area contributed by atoms with Gasteiger partial charge in [0.15, 0.2) is 0 Å². The Hall–Kier alpha value is -3.47. The van der Waals surface area contributed by atoms with Crippen LogP contribution in [0, 0.1) is 34.6 Å². The van der Waals surface area contributed by atoms with E-state index in [9.17, 15) is 0 Å². The first-order chi connectivity index (χ1) is 13.9. The Morgan fingerprint density at radius 3 is 2.14 bits per heavy atom. The molecule has 0 bridgehead atoms. The van der Waals surface area contributed by atoms with Crippen LogP contribution >= 0.6 is 0 Å². The molecule has 0 aliphatic rings. The van der Waals surface area contributed by atoms with Gasteiger partial charge in [0.1, 0.15) is 11.3 Å². The predicted octanol–water partition coefficient (Wildman–Crippen LogP) is 5.36. The van der Waals surface area contributed by atoms with E-state index in [0.29, 0.717) is 5.95 Å². The van der Waals surface area contributed by atoms with Crippen molar-refractivity contribution in [2.45, 2.75) is 34.6 Å². The van der Waals surface area contributed by atoms with Gasteiger partial charge in [-0.2, -0.15) is 5.10 Å². The molecule has 0 atom stereocenters. The van der Waals surface area contributed by atoms with Gasteiger partial charge < -0.3 is 4.42 Å². The molecule has 5 heteroatoms. The molecule has 0 aliphatic heterocycles. The van der Waals surface area contributed by atoms with E-state index in [1.54, 1.807) is 0 Å². The van der Waals surface area contributed by atoms with Crippen LogP contribution in [-0.4, -0.2) is 9.97 Å². The molecule has 4 rings (SSSR count). The lowest BCUT2D eigenvalue weighted by molar-refractivity contribution is 0.617. The van der Waals surface area contributed by atoms with Crippen molar-refractivity contribution in [3.05, 3.63) is 82.0 Å². The predicted molar refractivity (Wildman–Crippen MR) is 117 cm³/mol. The second-order valence-electron chi connectivity index (χ2n) is 7.49. The Labute approximate surface area is 170 Å². The highest BCUT2D eigenvalue weighted by molar-refractivity contribution is 5.80. The fourth-order valence-electron chi connectivity index (χ4n) is 3.26. The van der Waals surface area contributed by atoms with E-state index in [0.717, 1.165) is 39.0 Å². The minimum absolute atomic E-state index is 0.483. The number of rotatable bonds is 3. The van der Waals surface area contributed by atoms with Crippen molar-refractivity contribution in [2.75, 3.05) is 5.43 Å². The fraction of sp³-hybridized carbons (Fsp3) is 0.208. The van der Waals surface area contributed by atoms with Crippen LogP contribution in [0.25, 0.3) is 22.3 Å². The van der Waals surface area contributed by atoms with Crippen molar-refractivity contribution in [3.63, 3.8) is 0 Å². The first-order valence-corrected chi connectivity index (χ1v) is 9.63. The minimum Gasteiger partial charge on any atom is -0.456 e. The zero-order valence-corrected chi connectivity index (χ0v) is 17.4. The molecule has 2 heterocycles. The molecular formula is C24H24N4O. The Kier molecular flexibility index (Phi) is 4.89. The van der Waals surface area contributed by atoms with E-state index in [4.69, 9.17) is 4.42 Å². The topological polar surface area (TPSA) is 63.3 Å². The monoisotopic (exact) mass is 384 g/mol. The number of anilines is 1. The maximum absolute atomic E-state index is 6.24. The van der Waals surface area contributed by atoms with Crippen molar-refractivity contribution in [3.8, 4) is 11.3 Å². The number of hydrogen-bond acceptors (Lipinski definition) is 5. The lowest BCUT2D eigenvalue weighted by Gasteiger charge is -2.08. The van der Waals surface area contributed by atoms with Gasteiger partial charge in [-0.05, 0) is 63.9 Å². The van der Waals surface area contributed by atoms with E-state index in [1.165, 1.54) is 16.7 Å². The molecule has 0 amide bonds. The van der Waals surface area contributed by atoms with Gasteiger partial charge in [0, 0.05) is 28.4 Å². The number of benzene rings is 2. The van der Waals surface area contributed by atoms with E-state index >= 15 is 0 Å². The Bertz CT molecular complexity index is 1250. The molecule has 5 nitrogen and oxygen atoms in total. The SMILES string of the molecule is Cc1ccc(-c2c/c(=N/Nc3nc(C)cc(C)n3)c3cc(C)c(C)cc3o2)cc1. The molecule has 29 heavy (non-hydrogen) atoms. The molecule has 0 saturated carbocycles. The van der Waals surface area contributed by atoms with Crippen molar-refractivity contribution in [1.29, 1.82) is 0 Å². The van der Waals surface area contributed by atoms with Crippen molar-refractivity contribution in [1.82, 2.24) is 9.97 Å². The van der Waals surface area contributed by atoms with Gasteiger partial charge in [-0.15, -0.1) is 0 Å². The lowest BCUT2D eigenvalue weighted by atomic mass is 10.1. The zero-order valence-electron chi connectivity index (χ0n) is 17.4. The van der Waals surface area contributed by atoms with Gasteiger partial charge in [0.2, 0.25) is 5.95 Å². The van der Waals surface area contributed by atoms with Gasteiger partial charge in [-0.3, -0.25) is 0 Å². The molecule has 0 saturated heterocycles. The van der Waals surface area contributed by atoms with Crippen molar-refractivity contribution < 1.29 is 4.42 Å². The summed E-state index contributed by atoms with van der Waals surface area (Å²) in [5.41, 5.74) is 10.2. The number of nitrogens with zero attached hydrogens (tertiary/aromatic N) is 3. The van der Waals surface area contributed by atoms with Crippen LogP contribution in [0.2, 0.25) is 0 Å². The van der Waals surface area contributed by atoms with Crippen LogP contribution in [0.4, 0.5) is 5.95 Å². The van der Waals surface area contributed by atoms with Crippen LogP contribution in [0.15, 0.2) is 58.0 Å². The number of fused-ring (bicyclic) bond motifs is 1. The molecule has 0 aliphatic carbocycles. The van der Waals surface area contributed by atoms with Crippen LogP contribution < -0.4 is 10.8 Å². The quantitative estimate of drug-likeness (QED) is 0.483. The summed E-state index contributed by atoms with van der Waals surface area (Å²) in [5.74, 6) is 1.25. The Morgan fingerprint density at radius 1 is 0.793 bits per heavy atom. The summed E-state index contributed by atoms with van der Waals surface area (Å²) in [6.45, 7) is 10.1. The number of nitrogens with one attached hydrogen (secondary N) is 1. The molecule has 2 aromatic heterocycles. The zero-order chi connectivity index (χ0) is 20.5. The summed E-state index contributed by atoms with van der Waals surface area (Å²) in [6.07, 6.45) is 0. The van der Waals surface area contributed by atoms with E-state index in [1.807, 2.05) is 26.0 Å². The van der Waals surface area contributed by atoms with Gasteiger partial charge in [-0.1, -0.05) is 29.8 Å². The summed E-state index contributed by atoms with van der Waals surface area (Å²) in [7, 11) is 0. The second-order valence-corrected chi connectivity index (χ2v) is 7.49. The third kappa shape index (κ3) is 4.04. The number of aromatic nitrogens is 2. The largest absolute Gasteiger partial charge is 0.456 e. The summed E-state index contributed by atoms with van der Waals surface area (Å²) >= 11 is 0. The molecule has 0 unspecified atom stereocenters. The third-order valence-electron chi connectivity index (χ3n) is 4.95. The summed E-state index contributed by atoms with van der Waals surface area (Å²) in [6, 6.07) is 16.3. The van der Waals surface area contributed by atoms with Gasteiger partial charge in [-0.25, -0.2) is 15.4 Å². The normalized spacial score (nSPS) is 11.8. The highest BCUT2D eigenvalue weighted by Crippen LogP contribution is 2.24. The Morgan fingerprint density at radius 2 is 1.45 bits per heavy atom. The number of hydrogen-bond donors (Lipinski definition) is 1. The van der Waals surface area contributed by atoms with Crippen LogP contribution in [0.1, 0.15) is 28.1 Å². The molecule has 0 spiro atoms. The molecule has 2 aromatic carbocycles. The highest BCUT2D eigenvalue weighted by atomic mass is 16.3. The first-order valence-electron chi connectivity index (χ1n) is 9.63. The van der Waals surface area contributed by atoms with E-state index in [2.05, 4.69) is 77.7 Å². The van der Waals surface area contributed by atoms with Crippen molar-refractivity contribution >= 4 is 16.9 Å². The average molecular weight is 384 g/mol. The highest BCUT2D eigenvalue weighted by Gasteiger charge is 2.08. The summed E-state index contributed by atoms with van der Waals surface area (Å²) in [5, 5.41) is 6.36. The standard InChI is InChI=1S/C24H24N4O/c1-14-6-8-19(9-7-14)22-13-21(20-10-15(2)16(3)11-23(20)29-22)27-28-24-25-17(4)12-18(5)26-24/h6-13H,1-5H3,(H,25,26,28)/b27-21-. The van der Waals surface area contributed by atoms with Gasteiger partial charge in [0.25, 0.3) is 0 Å². The van der Waals surface area contributed by atoms with Gasteiger partial charge >= 0.3 is 0 Å².